The van der Waals surface area contributed by atoms with Crippen LogP contribution in [0.5, 0.6) is 0 Å². The Kier molecular flexibility index (Phi) is 39.8. The number of carbonyl (C=O) groups is 2. The van der Waals surface area contributed by atoms with Crippen molar-refractivity contribution in [1.82, 2.24) is 34.9 Å². The number of aromatic nitrogens is 2. The van der Waals surface area contributed by atoms with Crippen LogP contribution in [-0.2, 0) is 32.8 Å². The number of imidazole rings is 1. The molecule has 17 heteroatoms. The predicted molar refractivity (Wildman–Crippen MR) is 449 cm³/mol. The molecule has 0 atom stereocenters. The van der Waals surface area contributed by atoms with Gasteiger partial charge in [0.25, 0.3) is 0 Å². The number of urea groups is 1. The summed E-state index contributed by atoms with van der Waals surface area (Å²) < 4.78 is 47.8. The van der Waals surface area contributed by atoms with Gasteiger partial charge in [-0.25, -0.2) is 27.4 Å². The average Bonchev–Trinajstić information content (AvgIpc) is 1.13. The van der Waals surface area contributed by atoms with E-state index in [2.05, 4.69) is 281 Å². The molecular weight excluding hydrogens is 1370 g/mol. The number of benzene rings is 1. The van der Waals surface area contributed by atoms with Crippen molar-refractivity contribution in [2.24, 2.45) is 55.8 Å². The normalized spacial score (nSPS) is 16.5. The molecule has 0 radical (unpaired) electrons. The average molecular weight is 1520 g/mol. The van der Waals surface area contributed by atoms with Gasteiger partial charge >= 0.3 is 12.1 Å². The van der Waals surface area contributed by atoms with Gasteiger partial charge in [-0.15, -0.1) is 0 Å². The number of sulfone groups is 1. The summed E-state index contributed by atoms with van der Waals surface area (Å²) in [7, 11) is -0.869. The van der Waals surface area contributed by atoms with Gasteiger partial charge in [-0.05, 0) is 270 Å². The largest absolute Gasteiger partial charge is 0.425 e. The number of alkyl carbamates (subject to hydrolysis) is 1. The van der Waals surface area contributed by atoms with Crippen molar-refractivity contribution in [2.75, 3.05) is 77.1 Å². The van der Waals surface area contributed by atoms with E-state index in [0.717, 1.165) is 18.5 Å². The number of aliphatic hydroxyl groups is 2. The zero-order chi connectivity index (χ0) is 84.1. The predicted octanol–water partition coefficient (Wildman–Crippen LogP) is 17.1. The molecule has 608 valence electrons. The molecule has 0 unspecified atom stereocenters. The molecule has 4 fully saturated rings. The SMILES string of the molecule is CC(C)(C)C#CC(C)(C)CCc1ccc(F)cc1.CC(C)(C)C#CC(C)(C)N1CCS(=O)(=O)CC1.CC(C)(C)C#CC1(O)CN(C(C)(C)C)C1.CCCCCC(C)(C)C#CC(C)(C)C.CCNC(=O)N1CC(O)(C#CC(C)(C)C)C1.CCNC(=O)OC1(C#CC(C)(C)C)COC1.Cn1cnc(C#CC(C)(C)C)c1. The smallest absolute Gasteiger partial charge is 0.408 e. The lowest BCUT2D eigenvalue weighted by Gasteiger charge is -2.50. The van der Waals surface area contributed by atoms with Crippen molar-refractivity contribution in [3.63, 3.8) is 0 Å². The molecule has 0 saturated carbocycles. The first-order valence-electron chi connectivity index (χ1n) is 38.8. The van der Waals surface area contributed by atoms with E-state index < -0.39 is 32.7 Å². The van der Waals surface area contributed by atoms with Crippen molar-refractivity contribution >= 4 is 22.0 Å². The molecule has 4 N–H and O–H groups in total. The summed E-state index contributed by atoms with van der Waals surface area (Å²) in [6, 6.07) is 6.60. The maximum Gasteiger partial charge on any atom is 0.408 e. The van der Waals surface area contributed by atoms with Crippen LogP contribution in [0.15, 0.2) is 36.8 Å². The van der Waals surface area contributed by atoms with Crippen molar-refractivity contribution in [2.45, 2.75) is 295 Å². The molecular formula is C91H148FN7O8S. The van der Waals surface area contributed by atoms with Crippen LogP contribution in [0.2, 0.25) is 0 Å². The third-order valence-electron chi connectivity index (χ3n) is 15.7. The zero-order valence-corrected chi connectivity index (χ0v) is 74.9. The number of likely N-dealkylation sites (tertiary alicyclic amines) is 2. The number of unbranched alkanes of at least 4 members (excludes halogenated alkanes) is 2. The topological polar surface area (TPSA) is 179 Å². The Bertz CT molecular complexity index is 3690. The van der Waals surface area contributed by atoms with Crippen LogP contribution in [0.4, 0.5) is 14.0 Å². The molecule has 4 aliphatic rings. The first kappa shape index (κ1) is 102. The monoisotopic (exact) mass is 1520 g/mol. The van der Waals surface area contributed by atoms with Gasteiger partial charge in [0.1, 0.15) is 24.7 Å². The summed E-state index contributed by atoms with van der Waals surface area (Å²) in [5.74, 6) is 44.4. The number of hydrogen-bond acceptors (Lipinski definition) is 11. The fourth-order valence-electron chi connectivity index (χ4n) is 9.10. The molecule has 4 aliphatic heterocycles. The van der Waals surface area contributed by atoms with Crippen LogP contribution in [-0.4, -0.2) is 160 Å². The summed E-state index contributed by atoms with van der Waals surface area (Å²) in [4.78, 5) is 32.8. The van der Waals surface area contributed by atoms with Gasteiger partial charge in [0, 0.05) is 107 Å². The van der Waals surface area contributed by atoms with Crippen LogP contribution in [0.25, 0.3) is 0 Å². The van der Waals surface area contributed by atoms with Gasteiger partial charge in [0.2, 0.25) is 5.60 Å². The number of nitrogens with one attached hydrogen (secondary N) is 2. The van der Waals surface area contributed by atoms with Crippen LogP contribution in [0, 0.1) is 137 Å². The van der Waals surface area contributed by atoms with Gasteiger partial charge in [-0.1, -0.05) is 109 Å². The number of ether oxygens (including phenoxy) is 2. The van der Waals surface area contributed by atoms with Crippen molar-refractivity contribution in [3.05, 3.63) is 53.9 Å². The highest BCUT2D eigenvalue weighted by atomic mass is 32.2. The second kappa shape index (κ2) is 42.3. The lowest BCUT2D eigenvalue weighted by atomic mass is 9.85. The van der Waals surface area contributed by atoms with E-state index in [1.165, 1.54) is 43.4 Å². The summed E-state index contributed by atoms with van der Waals surface area (Å²) in [5.41, 5.74) is -0.470. The van der Waals surface area contributed by atoms with Crippen molar-refractivity contribution in [3.8, 4) is 82.9 Å². The Balaban J connectivity index is 0.00000124. The Morgan fingerprint density at radius 1 is 0.546 bits per heavy atom. The second-order valence-corrected chi connectivity index (χ2v) is 41.5. The van der Waals surface area contributed by atoms with Gasteiger partial charge in [0.05, 0.1) is 36.5 Å². The highest BCUT2D eigenvalue weighted by molar-refractivity contribution is 7.91. The summed E-state index contributed by atoms with van der Waals surface area (Å²) in [6.07, 6.45) is 10.3. The molecule has 4 saturated heterocycles. The number of amides is 3. The maximum atomic E-state index is 12.8. The fraction of sp³-hybridized carbons (Fsp3) is 0.725. The third kappa shape index (κ3) is 49.7. The molecule has 1 aromatic carbocycles. The van der Waals surface area contributed by atoms with Gasteiger partial charge in [0.15, 0.2) is 21.0 Å². The van der Waals surface area contributed by atoms with Gasteiger partial charge < -0.3 is 39.8 Å². The fourth-order valence-corrected chi connectivity index (χ4v) is 10.3. The minimum atomic E-state index is -2.81. The van der Waals surface area contributed by atoms with Crippen LogP contribution >= 0.6 is 0 Å². The number of carbonyl (C=O) groups excluding carboxylic acids is 2. The van der Waals surface area contributed by atoms with E-state index in [-0.39, 0.29) is 83.2 Å². The number of β-amino-alcohol motifs (C(OH)–C–C–N with tert-alkyl or cyclic N) is 2. The number of aryl methyl sites for hydroxylation is 2. The van der Waals surface area contributed by atoms with E-state index in [9.17, 15) is 32.6 Å². The Hall–Kier alpha value is -6.43. The standard InChI is InChI=1S/C17H23F.C14H26.C13H23NO2S.C13H23NO.C12H20N2O2.C12H19NO3.C10H14N2/c1-16(2,3)12-13-17(4,5)11-10-14-6-8-15(18)9-7-14;1-7-8-9-10-14(5,6)12-11-13(2,3)4;1-12(2,3)6-7-13(4,5)14-8-10-17(15,16)11-9-14;1-11(2,3)7-8-13(15)9-14(10-13)12(4,5)6;1-5-13-10(15)14-8-12(16,9-14)7-6-11(2,3)4;1-5-13-10(14)16-12(8-15-9-12)7-6-11(2,3)4;1-10(2,3)6-5-9-7-12(4)8-11-9/h6-9H,10-11H2,1-5H3;7-10H2,1-6H3;8-11H2,1-5H3;15H,9-10H2,1-6H3;16H,5,8-9H2,1-4H3,(H,13,15);5,8-9H2,1-4H3,(H,13,14);7-8H,1-4H3. The third-order valence-corrected chi connectivity index (χ3v) is 17.3. The Morgan fingerprint density at radius 3 is 1.34 bits per heavy atom. The molecule has 3 amide bonds. The molecule has 1 aromatic heterocycles. The molecule has 0 spiro atoms. The quantitative estimate of drug-likeness (QED) is 0.124. The number of nitrogens with zero attached hydrogens (tertiary/aromatic N) is 5. The zero-order valence-electron chi connectivity index (χ0n) is 74.1. The Labute approximate surface area is 659 Å². The lowest BCUT2D eigenvalue weighted by molar-refractivity contribution is -0.143. The molecule has 108 heavy (non-hydrogen) atoms. The lowest BCUT2D eigenvalue weighted by Crippen LogP contribution is -2.66. The van der Waals surface area contributed by atoms with Crippen LogP contribution in [0.1, 0.15) is 272 Å². The summed E-state index contributed by atoms with van der Waals surface area (Å²) in [6.45, 7) is 73.9. The molecule has 0 aliphatic carbocycles. The van der Waals surface area contributed by atoms with E-state index in [1.807, 2.05) is 85.3 Å². The molecule has 2 aromatic rings. The number of halogens is 1. The van der Waals surface area contributed by atoms with Gasteiger partial charge in [-0.2, -0.15) is 0 Å². The van der Waals surface area contributed by atoms with E-state index in [0.29, 0.717) is 65.6 Å². The van der Waals surface area contributed by atoms with Crippen LogP contribution in [0.3, 0.4) is 0 Å². The Morgan fingerprint density at radius 2 is 0.963 bits per heavy atom. The van der Waals surface area contributed by atoms with E-state index in [4.69, 9.17) is 9.47 Å². The minimum absolute atomic E-state index is 0.00165. The van der Waals surface area contributed by atoms with Gasteiger partial charge in [-0.3, -0.25) is 9.80 Å². The summed E-state index contributed by atoms with van der Waals surface area (Å²) >= 11 is 0. The molecule has 5 heterocycles. The number of hydrogen-bond donors (Lipinski definition) is 4. The highest BCUT2D eigenvalue weighted by Gasteiger charge is 2.45. The molecule has 0 bridgehead atoms. The first-order chi connectivity index (χ1) is 48.6. The highest BCUT2D eigenvalue weighted by Crippen LogP contribution is 2.31. The molecule has 15 nitrogen and oxygen atoms in total. The minimum Gasteiger partial charge on any atom is -0.425 e. The van der Waals surface area contributed by atoms with Crippen LogP contribution < -0.4 is 10.6 Å². The van der Waals surface area contributed by atoms with Crippen molar-refractivity contribution < 1.29 is 42.1 Å². The summed E-state index contributed by atoms with van der Waals surface area (Å²) in [5, 5.41) is 25.3. The first-order valence-corrected chi connectivity index (χ1v) is 40.6. The maximum absolute atomic E-state index is 12.8. The van der Waals surface area contributed by atoms with E-state index >= 15 is 0 Å². The number of rotatable bonds is 11. The second-order valence-electron chi connectivity index (χ2n) is 39.2. The molecule has 6 rings (SSSR count). The van der Waals surface area contributed by atoms with E-state index in [1.54, 1.807) is 11.2 Å². The van der Waals surface area contributed by atoms with Crippen molar-refractivity contribution in [1.29, 1.82) is 0 Å².